The molecule has 0 bridgehead atoms. The SMILES string of the molecule is CCOc1ccc(NC(=O)C[C@@H]2S/C(=N/N=C\c3ccc(C)o3)NC2=O)cc1. The molecule has 9 heteroatoms. The number of thioether (sulfide) groups is 1. The van der Waals surface area contributed by atoms with Gasteiger partial charge in [0.05, 0.1) is 12.8 Å². The molecule has 2 N–H and O–H groups in total. The van der Waals surface area contributed by atoms with E-state index in [-0.39, 0.29) is 18.2 Å². The molecule has 0 saturated carbocycles. The first-order valence-corrected chi connectivity index (χ1v) is 9.59. The molecule has 146 valence electrons. The van der Waals surface area contributed by atoms with E-state index in [4.69, 9.17) is 9.15 Å². The van der Waals surface area contributed by atoms with Gasteiger partial charge in [-0.2, -0.15) is 5.10 Å². The largest absolute Gasteiger partial charge is 0.494 e. The third kappa shape index (κ3) is 5.46. The fourth-order valence-electron chi connectivity index (χ4n) is 2.43. The Labute approximate surface area is 166 Å². The Morgan fingerprint density at radius 1 is 1.32 bits per heavy atom. The van der Waals surface area contributed by atoms with Gasteiger partial charge in [0, 0.05) is 12.1 Å². The smallest absolute Gasteiger partial charge is 0.240 e. The second kappa shape index (κ2) is 9.23. The lowest BCUT2D eigenvalue weighted by atomic mass is 10.2. The van der Waals surface area contributed by atoms with Gasteiger partial charge >= 0.3 is 0 Å². The standard InChI is InChI=1S/C19H20N4O4S/c1-3-26-14-8-5-13(6-9-14)21-17(24)10-16-18(25)22-19(28-16)23-20-11-15-7-4-12(2)27-15/h4-9,11,16H,3,10H2,1-2H3,(H,21,24)(H,22,23,25)/b20-11-/t16-/m0/s1. The van der Waals surface area contributed by atoms with Crippen molar-refractivity contribution in [3.8, 4) is 5.75 Å². The topological polar surface area (TPSA) is 105 Å². The van der Waals surface area contributed by atoms with Crippen LogP contribution in [-0.2, 0) is 9.59 Å². The molecule has 2 heterocycles. The number of rotatable bonds is 7. The maximum absolute atomic E-state index is 12.2. The summed E-state index contributed by atoms with van der Waals surface area (Å²) in [6.45, 7) is 4.31. The van der Waals surface area contributed by atoms with Crippen LogP contribution in [0.2, 0.25) is 0 Å². The molecule has 0 aliphatic carbocycles. The Balaban J connectivity index is 1.51. The molecule has 1 saturated heterocycles. The van der Waals surface area contributed by atoms with E-state index in [0.717, 1.165) is 11.5 Å². The van der Waals surface area contributed by atoms with Crippen molar-refractivity contribution >= 4 is 40.6 Å². The van der Waals surface area contributed by atoms with Gasteiger partial charge in [0.1, 0.15) is 22.5 Å². The fourth-order valence-corrected chi connectivity index (χ4v) is 3.35. The minimum atomic E-state index is -0.553. The molecular formula is C19H20N4O4S. The van der Waals surface area contributed by atoms with Gasteiger partial charge in [-0.15, -0.1) is 5.10 Å². The zero-order valence-corrected chi connectivity index (χ0v) is 16.3. The van der Waals surface area contributed by atoms with Crippen LogP contribution < -0.4 is 15.4 Å². The van der Waals surface area contributed by atoms with Crippen LogP contribution in [0.25, 0.3) is 0 Å². The Hall–Kier alpha value is -3.07. The number of carbonyl (C=O) groups excluding carboxylic acids is 2. The van der Waals surface area contributed by atoms with Gasteiger partial charge < -0.3 is 19.8 Å². The third-order valence-corrected chi connectivity index (χ3v) is 4.76. The molecule has 1 aromatic carbocycles. The molecule has 28 heavy (non-hydrogen) atoms. The third-order valence-electron chi connectivity index (χ3n) is 3.69. The first-order valence-electron chi connectivity index (χ1n) is 8.71. The molecule has 1 atom stereocenters. The molecule has 0 radical (unpaired) electrons. The second-order valence-corrected chi connectivity index (χ2v) is 7.10. The summed E-state index contributed by atoms with van der Waals surface area (Å²) in [5.41, 5.74) is 0.643. The first-order chi connectivity index (χ1) is 13.5. The highest BCUT2D eigenvalue weighted by Gasteiger charge is 2.32. The Morgan fingerprint density at radius 2 is 2.11 bits per heavy atom. The van der Waals surface area contributed by atoms with Crippen LogP contribution in [0.15, 0.2) is 51.0 Å². The zero-order chi connectivity index (χ0) is 19.9. The molecule has 1 aliphatic heterocycles. The van der Waals surface area contributed by atoms with Crippen LogP contribution in [0, 0.1) is 6.92 Å². The number of nitrogens with one attached hydrogen (secondary N) is 2. The maximum atomic E-state index is 12.2. The minimum absolute atomic E-state index is 0.0316. The lowest BCUT2D eigenvalue weighted by Crippen LogP contribution is -2.28. The number of furan rings is 1. The summed E-state index contributed by atoms with van der Waals surface area (Å²) in [5.74, 6) is 1.55. The van der Waals surface area contributed by atoms with Crippen molar-refractivity contribution in [3.63, 3.8) is 0 Å². The van der Waals surface area contributed by atoms with E-state index in [1.54, 1.807) is 30.3 Å². The van der Waals surface area contributed by atoms with Gasteiger partial charge in [0.2, 0.25) is 11.8 Å². The van der Waals surface area contributed by atoms with Crippen LogP contribution in [0.3, 0.4) is 0 Å². The monoisotopic (exact) mass is 400 g/mol. The summed E-state index contributed by atoms with van der Waals surface area (Å²) >= 11 is 1.17. The molecule has 1 aromatic heterocycles. The summed E-state index contributed by atoms with van der Waals surface area (Å²) in [6.07, 6.45) is 1.49. The van der Waals surface area contributed by atoms with Gasteiger partial charge in [0.25, 0.3) is 0 Å². The number of hydrogen-bond donors (Lipinski definition) is 2. The van der Waals surface area contributed by atoms with E-state index in [0.29, 0.717) is 23.2 Å². The predicted molar refractivity (Wildman–Crippen MR) is 109 cm³/mol. The van der Waals surface area contributed by atoms with E-state index >= 15 is 0 Å². The number of carbonyl (C=O) groups is 2. The summed E-state index contributed by atoms with van der Waals surface area (Å²) in [6, 6.07) is 10.7. The summed E-state index contributed by atoms with van der Waals surface area (Å²) in [7, 11) is 0. The van der Waals surface area contributed by atoms with Crippen LogP contribution >= 0.6 is 11.8 Å². The van der Waals surface area contributed by atoms with Gasteiger partial charge in [-0.3, -0.25) is 9.59 Å². The number of anilines is 1. The molecule has 3 rings (SSSR count). The fraction of sp³-hybridized carbons (Fsp3) is 0.263. The van der Waals surface area contributed by atoms with Crippen LogP contribution in [0.1, 0.15) is 24.9 Å². The highest BCUT2D eigenvalue weighted by Crippen LogP contribution is 2.23. The number of amidine groups is 1. The summed E-state index contributed by atoms with van der Waals surface area (Å²) in [5, 5.41) is 13.0. The maximum Gasteiger partial charge on any atom is 0.240 e. The number of amides is 2. The van der Waals surface area contributed by atoms with E-state index in [1.807, 2.05) is 19.9 Å². The average Bonchev–Trinajstić information content (AvgIpc) is 3.22. The zero-order valence-electron chi connectivity index (χ0n) is 15.5. The van der Waals surface area contributed by atoms with Crippen molar-refractivity contribution in [2.24, 2.45) is 10.2 Å². The van der Waals surface area contributed by atoms with Crippen molar-refractivity contribution in [1.29, 1.82) is 0 Å². The van der Waals surface area contributed by atoms with Crippen LogP contribution in [0.4, 0.5) is 5.69 Å². The van der Waals surface area contributed by atoms with E-state index < -0.39 is 5.25 Å². The predicted octanol–water partition coefficient (Wildman–Crippen LogP) is 2.94. The minimum Gasteiger partial charge on any atom is -0.494 e. The van der Waals surface area contributed by atoms with Crippen molar-refractivity contribution in [2.75, 3.05) is 11.9 Å². The van der Waals surface area contributed by atoms with Crippen molar-refractivity contribution in [3.05, 3.63) is 47.9 Å². The Kier molecular flexibility index (Phi) is 6.49. The van der Waals surface area contributed by atoms with Crippen LogP contribution in [-0.4, -0.2) is 35.1 Å². The number of benzene rings is 1. The number of aryl methyl sites for hydroxylation is 1. The Morgan fingerprint density at radius 3 is 2.79 bits per heavy atom. The second-order valence-electron chi connectivity index (χ2n) is 5.90. The van der Waals surface area contributed by atoms with Crippen molar-refractivity contribution in [1.82, 2.24) is 5.32 Å². The molecule has 8 nitrogen and oxygen atoms in total. The quantitative estimate of drug-likeness (QED) is 0.549. The first kappa shape index (κ1) is 19.7. The molecule has 2 aromatic rings. The molecule has 0 spiro atoms. The van der Waals surface area contributed by atoms with Gasteiger partial charge in [-0.25, -0.2) is 0 Å². The summed E-state index contributed by atoms with van der Waals surface area (Å²) < 4.78 is 10.7. The van der Waals surface area contributed by atoms with Crippen molar-refractivity contribution < 1.29 is 18.7 Å². The van der Waals surface area contributed by atoms with E-state index in [1.165, 1.54) is 18.0 Å². The normalized spacial score (nSPS) is 17.9. The lowest BCUT2D eigenvalue weighted by molar-refractivity contribution is -0.122. The summed E-state index contributed by atoms with van der Waals surface area (Å²) in [4.78, 5) is 24.3. The number of ether oxygens (including phenoxy) is 1. The highest BCUT2D eigenvalue weighted by atomic mass is 32.2. The molecule has 1 aliphatic rings. The molecular weight excluding hydrogens is 380 g/mol. The molecule has 0 unspecified atom stereocenters. The van der Waals surface area contributed by atoms with E-state index in [9.17, 15) is 9.59 Å². The number of hydrogen-bond acceptors (Lipinski definition) is 7. The Bertz CT molecular complexity index is 905. The van der Waals surface area contributed by atoms with Gasteiger partial charge in [0.15, 0.2) is 5.17 Å². The van der Waals surface area contributed by atoms with Gasteiger partial charge in [-0.05, 0) is 50.2 Å². The van der Waals surface area contributed by atoms with Crippen LogP contribution in [0.5, 0.6) is 5.75 Å². The highest BCUT2D eigenvalue weighted by molar-refractivity contribution is 8.15. The van der Waals surface area contributed by atoms with Gasteiger partial charge in [-0.1, -0.05) is 11.8 Å². The average molecular weight is 400 g/mol. The molecule has 1 fully saturated rings. The number of nitrogens with zero attached hydrogens (tertiary/aromatic N) is 2. The van der Waals surface area contributed by atoms with E-state index in [2.05, 4.69) is 20.8 Å². The lowest BCUT2D eigenvalue weighted by Gasteiger charge is -2.08. The molecule has 2 amide bonds. The van der Waals surface area contributed by atoms with Crippen molar-refractivity contribution in [2.45, 2.75) is 25.5 Å².